The van der Waals surface area contributed by atoms with Crippen molar-refractivity contribution in [3.63, 3.8) is 0 Å². The lowest BCUT2D eigenvalue weighted by molar-refractivity contribution is -0.385. The van der Waals surface area contributed by atoms with Gasteiger partial charge in [0.15, 0.2) is 0 Å². The number of nitrogens with one attached hydrogen (secondary N) is 1. The third kappa shape index (κ3) is 2.66. The van der Waals surface area contributed by atoms with Crippen LogP contribution in [0.3, 0.4) is 0 Å². The molecule has 20 heavy (non-hydrogen) atoms. The lowest BCUT2D eigenvalue weighted by atomic mass is 10.1. The standard InChI is InChI=1S/C13H15N5O2/c1-7-4-5-10(8(2)6-7)16-12-11(18(19)20)9(3)15-13(14)17-12/h4-6H,1-3H3,(H3,14,15,16,17). The molecule has 1 aromatic carbocycles. The maximum absolute atomic E-state index is 11.1. The van der Waals surface area contributed by atoms with Crippen LogP contribution in [0.1, 0.15) is 16.8 Å². The number of benzene rings is 1. The monoisotopic (exact) mass is 273 g/mol. The lowest BCUT2D eigenvalue weighted by Crippen LogP contribution is -2.07. The molecule has 3 N–H and O–H groups in total. The first-order valence-electron chi connectivity index (χ1n) is 6.01. The van der Waals surface area contributed by atoms with Crippen molar-refractivity contribution in [2.75, 3.05) is 11.1 Å². The summed E-state index contributed by atoms with van der Waals surface area (Å²) < 4.78 is 0. The van der Waals surface area contributed by atoms with Gasteiger partial charge in [-0.25, -0.2) is 4.98 Å². The Morgan fingerprint density at radius 2 is 1.95 bits per heavy atom. The van der Waals surface area contributed by atoms with Crippen LogP contribution >= 0.6 is 0 Å². The molecule has 1 aromatic heterocycles. The van der Waals surface area contributed by atoms with E-state index in [1.54, 1.807) is 0 Å². The van der Waals surface area contributed by atoms with Crippen molar-refractivity contribution in [3.8, 4) is 0 Å². The molecule has 0 aliphatic heterocycles. The van der Waals surface area contributed by atoms with Gasteiger partial charge in [0.05, 0.1) is 4.92 Å². The third-order valence-corrected chi connectivity index (χ3v) is 2.89. The zero-order chi connectivity index (χ0) is 14.9. The molecule has 7 nitrogen and oxygen atoms in total. The number of aromatic nitrogens is 2. The fourth-order valence-electron chi connectivity index (χ4n) is 1.98. The van der Waals surface area contributed by atoms with Crippen LogP contribution in [-0.4, -0.2) is 14.9 Å². The second-order valence-corrected chi connectivity index (χ2v) is 4.56. The molecular formula is C13H15N5O2. The number of hydrogen-bond donors (Lipinski definition) is 2. The van der Waals surface area contributed by atoms with E-state index in [1.165, 1.54) is 6.92 Å². The van der Waals surface area contributed by atoms with E-state index in [9.17, 15) is 10.1 Å². The number of nitrogen functional groups attached to an aromatic ring is 1. The maximum Gasteiger partial charge on any atom is 0.332 e. The van der Waals surface area contributed by atoms with Crippen LogP contribution in [0.25, 0.3) is 0 Å². The summed E-state index contributed by atoms with van der Waals surface area (Å²) >= 11 is 0. The van der Waals surface area contributed by atoms with Crippen LogP contribution in [-0.2, 0) is 0 Å². The van der Waals surface area contributed by atoms with Crippen LogP contribution in [0.5, 0.6) is 0 Å². The average molecular weight is 273 g/mol. The second kappa shape index (κ2) is 5.12. The Balaban J connectivity index is 2.50. The van der Waals surface area contributed by atoms with Gasteiger partial charge in [0.2, 0.25) is 11.8 Å². The average Bonchev–Trinajstić information content (AvgIpc) is 2.31. The summed E-state index contributed by atoms with van der Waals surface area (Å²) in [5.74, 6) is 0.104. The second-order valence-electron chi connectivity index (χ2n) is 4.56. The number of rotatable bonds is 3. The molecule has 0 amide bonds. The first-order valence-corrected chi connectivity index (χ1v) is 6.01. The minimum absolute atomic E-state index is 0.000338. The third-order valence-electron chi connectivity index (χ3n) is 2.89. The zero-order valence-corrected chi connectivity index (χ0v) is 11.5. The van der Waals surface area contributed by atoms with E-state index >= 15 is 0 Å². The van der Waals surface area contributed by atoms with Gasteiger partial charge < -0.3 is 11.1 Å². The molecule has 0 aliphatic carbocycles. The Morgan fingerprint density at radius 1 is 1.25 bits per heavy atom. The highest BCUT2D eigenvalue weighted by Gasteiger charge is 2.21. The van der Waals surface area contributed by atoms with Gasteiger partial charge in [0, 0.05) is 5.69 Å². The summed E-state index contributed by atoms with van der Waals surface area (Å²) in [6.07, 6.45) is 0. The van der Waals surface area contributed by atoms with Crippen molar-refractivity contribution in [3.05, 3.63) is 45.1 Å². The van der Waals surface area contributed by atoms with Crippen molar-refractivity contribution in [1.82, 2.24) is 9.97 Å². The number of aryl methyl sites for hydroxylation is 3. The van der Waals surface area contributed by atoms with Gasteiger partial charge in [-0.1, -0.05) is 17.7 Å². The molecule has 0 saturated heterocycles. The highest BCUT2D eigenvalue weighted by Crippen LogP contribution is 2.29. The van der Waals surface area contributed by atoms with E-state index in [1.807, 2.05) is 32.0 Å². The Kier molecular flexibility index (Phi) is 3.51. The van der Waals surface area contributed by atoms with E-state index in [0.29, 0.717) is 0 Å². The minimum atomic E-state index is -0.513. The largest absolute Gasteiger partial charge is 0.368 e. The van der Waals surface area contributed by atoms with Crippen LogP contribution in [0, 0.1) is 30.9 Å². The van der Waals surface area contributed by atoms with Crippen LogP contribution in [0.4, 0.5) is 23.1 Å². The van der Waals surface area contributed by atoms with Crippen molar-refractivity contribution in [1.29, 1.82) is 0 Å². The predicted octanol–water partition coefficient (Wildman–Crippen LogP) is 2.64. The molecule has 0 unspecified atom stereocenters. The van der Waals surface area contributed by atoms with Gasteiger partial charge in [-0.05, 0) is 32.4 Å². The Labute approximate surface area is 116 Å². The van der Waals surface area contributed by atoms with Crippen molar-refractivity contribution in [2.45, 2.75) is 20.8 Å². The van der Waals surface area contributed by atoms with Crippen LogP contribution < -0.4 is 11.1 Å². The van der Waals surface area contributed by atoms with Gasteiger partial charge in [0.1, 0.15) is 5.69 Å². The number of anilines is 3. The number of hydrogen-bond acceptors (Lipinski definition) is 6. The minimum Gasteiger partial charge on any atom is -0.368 e. The fourth-order valence-corrected chi connectivity index (χ4v) is 1.98. The molecule has 0 fully saturated rings. The summed E-state index contributed by atoms with van der Waals surface area (Å²) in [6, 6.07) is 5.74. The topological polar surface area (TPSA) is 107 Å². The maximum atomic E-state index is 11.1. The van der Waals surface area contributed by atoms with E-state index in [-0.39, 0.29) is 23.1 Å². The Morgan fingerprint density at radius 3 is 2.55 bits per heavy atom. The van der Waals surface area contributed by atoms with Gasteiger partial charge in [-0.3, -0.25) is 10.1 Å². The zero-order valence-electron chi connectivity index (χ0n) is 11.5. The van der Waals surface area contributed by atoms with Crippen LogP contribution in [0.15, 0.2) is 18.2 Å². The summed E-state index contributed by atoms with van der Waals surface area (Å²) in [5, 5.41) is 14.1. The molecule has 1 heterocycles. The molecular weight excluding hydrogens is 258 g/mol. The molecule has 0 saturated carbocycles. The highest BCUT2D eigenvalue weighted by atomic mass is 16.6. The predicted molar refractivity (Wildman–Crippen MR) is 77.0 cm³/mol. The highest BCUT2D eigenvalue weighted by molar-refractivity contribution is 5.69. The van der Waals surface area contributed by atoms with Crippen molar-refractivity contribution in [2.24, 2.45) is 0 Å². The summed E-state index contributed by atoms with van der Waals surface area (Å²) in [6.45, 7) is 5.42. The van der Waals surface area contributed by atoms with Crippen molar-refractivity contribution < 1.29 is 4.92 Å². The number of nitrogens with zero attached hydrogens (tertiary/aromatic N) is 3. The molecule has 104 valence electrons. The summed E-state index contributed by atoms with van der Waals surface area (Å²) in [7, 11) is 0. The quantitative estimate of drug-likeness (QED) is 0.657. The van der Waals surface area contributed by atoms with E-state index in [0.717, 1.165) is 16.8 Å². The lowest BCUT2D eigenvalue weighted by Gasteiger charge is -2.11. The molecule has 0 aliphatic rings. The van der Waals surface area contributed by atoms with Crippen LogP contribution in [0.2, 0.25) is 0 Å². The van der Waals surface area contributed by atoms with E-state index in [4.69, 9.17) is 5.73 Å². The smallest absolute Gasteiger partial charge is 0.332 e. The molecule has 0 spiro atoms. The number of nitrogens with two attached hydrogens (primary N) is 1. The van der Waals surface area contributed by atoms with Gasteiger partial charge >= 0.3 is 5.69 Å². The van der Waals surface area contributed by atoms with E-state index in [2.05, 4.69) is 15.3 Å². The molecule has 0 bridgehead atoms. The normalized spacial score (nSPS) is 10.3. The molecule has 7 heteroatoms. The number of nitro groups is 1. The SMILES string of the molecule is Cc1ccc(Nc2nc(N)nc(C)c2[N+](=O)[O-])c(C)c1. The Bertz CT molecular complexity index is 685. The fraction of sp³-hybridized carbons (Fsp3) is 0.231. The first kappa shape index (κ1) is 13.7. The molecule has 0 radical (unpaired) electrons. The molecule has 2 rings (SSSR count). The summed E-state index contributed by atoms with van der Waals surface area (Å²) in [4.78, 5) is 18.4. The van der Waals surface area contributed by atoms with Gasteiger partial charge in [-0.15, -0.1) is 0 Å². The molecule has 0 atom stereocenters. The van der Waals surface area contributed by atoms with Crippen molar-refractivity contribution >= 4 is 23.1 Å². The summed E-state index contributed by atoms with van der Waals surface area (Å²) in [5.41, 5.74) is 8.45. The van der Waals surface area contributed by atoms with Gasteiger partial charge in [-0.2, -0.15) is 4.98 Å². The van der Waals surface area contributed by atoms with Gasteiger partial charge in [0.25, 0.3) is 0 Å². The van der Waals surface area contributed by atoms with E-state index < -0.39 is 4.92 Å². The first-order chi connectivity index (χ1) is 9.38. The molecule has 2 aromatic rings. The Hall–Kier alpha value is -2.70.